The van der Waals surface area contributed by atoms with E-state index < -0.39 is 0 Å². The lowest BCUT2D eigenvalue weighted by Crippen LogP contribution is -2.07. The Kier molecular flexibility index (Phi) is 5.12. The molecule has 0 unspecified atom stereocenters. The molecule has 4 nitrogen and oxygen atoms in total. The first kappa shape index (κ1) is 17.8. The molecule has 0 radical (unpaired) electrons. The number of rotatable bonds is 5. The number of aryl methyl sites for hydroxylation is 1. The Morgan fingerprint density at radius 3 is 2.42 bits per heavy atom. The third-order valence-corrected chi connectivity index (χ3v) is 4.16. The molecule has 0 aliphatic heterocycles. The van der Waals surface area contributed by atoms with Gasteiger partial charge in [-0.15, -0.1) is 0 Å². The van der Waals surface area contributed by atoms with Gasteiger partial charge in [-0.2, -0.15) is 0 Å². The van der Waals surface area contributed by atoms with Crippen molar-refractivity contribution in [2.75, 3.05) is 13.7 Å². The van der Waals surface area contributed by atoms with Crippen molar-refractivity contribution in [3.8, 4) is 22.6 Å². The first-order valence-corrected chi connectivity index (χ1v) is 8.47. The van der Waals surface area contributed by atoms with Crippen molar-refractivity contribution in [2.24, 2.45) is 0 Å². The Balaban J connectivity index is 2.02. The van der Waals surface area contributed by atoms with Crippen molar-refractivity contribution in [2.45, 2.75) is 20.8 Å². The minimum absolute atomic E-state index is 0.0511. The Hall–Kier alpha value is -3.01. The summed E-state index contributed by atoms with van der Waals surface area (Å²) in [6.45, 7) is 6.33. The van der Waals surface area contributed by atoms with Gasteiger partial charge in [-0.1, -0.05) is 17.7 Å². The molecular weight excluding hydrogens is 328 g/mol. The molecule has 0 aliphatic rings. The standard InChI is InChI=1S/C22H22O4/c1-14(2)11-12-25-18-9-10-19-20(13-18)26-15(3)21(22(19)23)16-5-7-17(24-4)8-6-16/h5-11,13H,12H2,1-4H3. The quantitative estimate of drug-likeness (QED) is 0.599. The molecule has 0 aliphatic carbocycles. The zero-order valence-electron chi connectivity index (χ0n) is 15.5. The Morgan fingerprint density at radius 2 is 1.77 bits per heavy atom. The Labute approximate surface area is 152 Å². The van der Waals surface area contributed by atoms with Gasteiger partial charge >= 0.3 is 0 Å². The van der Waals surface area contributed by atoms with Crippen LogP contribution in [0.1, 0.15) is 19.6 Å². The summed E-state index contributed by atoms with van der Waals surface area (Å²) in [6.07, 6.45) is 2.00. The summed E-state index contributed by atoms with van der Waals surface area (Å²) >= 11 is 0. The number of ether oxygens (including phenoxy) is 2. The van der Waals surface area contributed by atoms with E-state index in [0.29, 0.717) is 34.6 Å². The van der Waals surface area contributed by atoms with Crippen LogP contribution in [0.15, 0.2) is 63.3 Å². The molecule has 0 saturated carbocycles. The van der Waals surface area contributed by atoms with Crippen molar-refractivity contribution in [3.05, 3.63) is 70.1 Å². The van der Waals surface area contributed by atoms with E-state index in [9.17, 15) is 4.79 Å². The van der Waals surface area contributed by atoms with Crippen LogP contribution in [0.5, 0.6) is 11.5 Å². The van der Waals surface area contributed by atoms with Gasteiger partial charge in [0.1, 0.15) is 29.4 Å². The molecule has 3 aromatic rings. The molecular formula is C22H22O4. The predicted molar refractivity (Wildman–Crippen MR) is 104 cm³/mol. The van der Waals surface area contributed by atoms with Crippen LogP contribution < -0.4 is 14.9 Å². The minimum atomic E-state index is -0.0511. The Bertz CT molecular complexity index is 1010. The molecule has 2 aromatic carbocycles. The Morgan fingerprint density at radius 1 is 1.08 bits per heavy atom. The highest BCUT2D eigenvalue weighted by Crippen LogP contribution is 2.27. The third kappa shape index (κ3) is 3.64. The van der Waals surface area contributed by atoms with Gasteiger partial charge in [0.25, 0.3) is 0 Å². The summed E-state index contributed by atoms with van der Waals surface area (Å²) in [6, 6.07) is 12.7. The summed E-state index contributed by atoms with van der Waals surface area (Å²) in [5.41, 5.74) is 3.04. The fourth-order valence-electron chi connectivity index (χ4n) is 2.77. The molecule has 1 heterocycles. The normalized spacial score (nSPS) is 10.6. The summed E-state index contributed by atoms with van der Waals surface area (Å²) in [5, 5.41) is 0.538. The molecule has 0 saturated heterocycles. The van der Waals surface area contributed by atoms with Crippen LogP contribution >= 0.6 is 0 Å². The maximum atomic E-state index is 13.0. The van der Waals surface area contributed by atoms with E-state index in [0.717, 1.165) is 11.3 Å². The second-order valence-corrected chi connectivity index (χ2v) is 6.34. The molecule has 0 atom stereocenters. The van der Waals surface area contributed by atoms with Crippen molar-refractivity contribution in [3.63, 3.8) is 0 Å². The number of benzene rings is 2. The van der Waals surface area contributed by atoms with Gasteiger partial charge in [0.05, 0.1) is 18.1 Å². The lowest BCUT2D eigenvalue weighted by atomic mass is 10.0. The highest BCUT2D eigenvalue weighted by atomic mass is 16.5. The number of hydrogen-bond acceptors (Lipinski definition) is 4. The van der Waals surface area contributed by atoms with Gasteiger partial charge in [0.2, 0.25) is 5.43 Å². The van der Waals surface area contributed by atoms with Gasteiger partial charge in [0, 0.05) is 6.07 Å². The molecule has 0 N–H and O–H groups in total. The van der Waals surface area contributed by atoms with Gasteiger partial charge in [-0.3, -0.25) is 4.79 Å². The van der Waals surface area contributed by atoms with Crippen LogP contribution in [0.4, 0.5) is 0 Å². The SMILES string of the molecule is COc1ccc(-c2c(C)oc3cc(OCC=C(C)C)ccc3c2=O)cc1. The fourth-order valence-corrected chi connectivity index (χ4v) is 2.77. The largest absolute Gasteiger partial charge is 0.497 e. The average Bonchev–Trinajstić information content (AvgIpc) is 2.61. The van der Waals surface area contributed by atoms with Gasteiger partial charge in [-0.25, -0.2) is 0 Å². The van der Waals surface area contributed by atoms with Gasteiger partial charge < -0.3 is 13.9 Å². The first-order valence-electron chi connectivity index (χ1n) is 8.47. The van der Waals surface area contributed by atoms with Crippen molar-refractivity contribution in [1.29, 1.82) is 0 Å². The van der Waals surface area contributed by atoms with Crippen molar-refractivity contribution in [1.82, 2.24) is 0 Å². The topological polar surface area (TPSA) is 48.7 Å². The first-order chi connectivity index (χ1) is 12.5. The second-order valence-electron chi connectivity index (χ2n) is 6.34. The monoisotopic (exact) mass is 350 g/mol. The summed E-state index contributed by atoms with van der Waals surface area (Å²) < 4.78 is 16.8. The van der Waals surface area contributed by atoms with E-state index in [1.165, 1.54) is 5.57 Å². The lowest BCUT2D eigenvalue weighted by Gasteiger charge is -2.09. The van der Waals surface area contributed by atoms with Gasteiger partial charge in [-0.05, 0) is 56.7 Å². The highest BCUT2D eigenvalue weighted by Gasteiger charge is 2.14. The van der Waals surface area contributed by atoms with Crippen LogP contribution in [0.2, 0.25) is 0 Å². The molecule has 1 aromatic heterocycles. The predicted octanol–water partition coefficient (Wildman–Crippen LogP) is 5.12. The zero-order valence-corrected chi connectivity index (χ0v) is 15.5. The summed E-state index contributed by atoms with van der Waals surface area (Å²) in [4.78, 5) is 13.0. The smallest absolute Gasteiger partial charge is 0.200 e. The summed E-state index contributed by atoms with van der Waals surface area (Å²) in [5.74, 6) is 2.00. The number of hydrogen-bond donors (Lipinski definition) is 0. The molecule has 4 heteroatoms. The number of fused-ring (bicyclic) bond motifs is 1. The van der Waals surface area contributed by atoms with E-state index in [1.54, 1.807) is 32.2 Å². The second kappa shape index (κ2) is 7.48. The molecule has 0 fully saturated rings. The molecule has 0 spiro atoms. The van der Waals surface area contributed by atoms with Crippen LogP contribution in [0.25, 0.3) is 22.1 Å². The maximum Gasteiger partial charge on any atom is 0.200 e. The van der Waals surface area contributed by atoms with Crippen LogP contribution in [0.3, 0.4) is 0 Å². The van der Waals surface area contributed by atoms with E-state index in [2.05, 4.69) is 0 Å². The third-order valence-electron chi connectivity index (χ3n) is 4.16. The molecule has 134 valence electrons. The molecule has 3 rings (SSSR count). The van der Waals surface area contributed by atoms with E-state index in [-0.39, 0.29) is 5.43 Å². The highest BCUT2D eigenvalue weighted by molar-refractivity contribution is 5.83. The van der Waals surface area contributed by atoms with E-state index in [4.69, 9.17) is 13.9 Å². The average molecular weight is 350 g/mol. The van der Waals surface area contributed by atoms with Crippen molar-refractivity contribution < 1.29 is 13.9 Å². The molecule has 26 heavy (non-hydrogen) atoms. The summed E-state index contributed by atoms with van der Waals surface area (Å²) in [7, 11) is 1.61. The maximum absolute atomic E-state index is 13.0. The molecule has 0 bridgehead atoms. The van der Waals surface area contributed by atoms with E-state index >= 15 is 0 Å². The van der Waals surface area contributed by atoms with Gasteiger partial charge in [0.15, 0.2) is 0 Å². The minimum Gasteiger partial charge on any atom is -0.497 e. The zero-order chi connectivity index (χ0) is 18.7. The van der Waals surface area contributed by atoms with Crippen LogP contribution in [-0.2, 0) is 0 Å². The lowest BCUT2D eigenvalue weighted by molar-refractivity contribution is 0.361. The van der Waals surface area contributed by atoms with Crippen LogP contribution in [0, 0.1) is 6.92 Å². The van der Waals surface area contributed by atoms with Crippen molar-refractivity contribution >= 4 is 11.0 Å². The van der Waals surface area contributed by atoms with E-state index in [1.807, 2.05) is 44.2 Å². The molecule has 0 amide bonds. The fraction of sp³-hybridized carbons (Fsp3) is 0.227. The number of allylic oxidation sites excluding steroid dienone is 1. The van der Waals surface area contributed by atoms with Crippen LogP contribution in [-0.4, -0.2) is 13.7 Å². The number of methoxy groups -OCH3 is 1.